The summed E-state index contributed by atoms with van der Waals surface area (Å²) in [6.45, 7) is 7.88. The molecule has 0 aromatic heterocycles. The van der Waals surface area contributed by atoms with Crippen LogP contribution in [0.1, 0.15) is 49.8 Å². The number of carbonyl (C=O) groups excluding carboxylic acids is 2. The molecule has 0 unspecified atom stereocenters. The lowest BCUT2D eigenvalue weighted by molar-refractivity contribution is -0.154. The van der Waals surface area contributed by atoms with Gasteiger partial charge in [0.15, 0.2) is 9.84 Å². The number of fused-ring (bicyclic) bond motifs is 1. The largest absolute Gasteiger partial charge is 0.379 e. The molecule has 2 fully saturated rings. The third-order valence-corrected chi connectivity index (χ3v) is 11.0. The molecule has 0 spiro atoms. The zero-order valence-corrected chi connectivity index (χ0v) is 25.1. The summed E-state index contributed by atoms with van der Waals surface area (Å²) in [5, 5.41) is 3.10. The fraction of sp³-hybridized carbons (Fsp3) is 0.562. The van der Waals surface area contributed by atoms with Crippen molar-refractivity contribution in [3.63, 3.8) is 0 Å². The first-order valence-corrected chi connectivity index (χ1v) is 16.8. The van der Waals surface area contributed by atoms with Gasteiger partial charge < -0.3 is 15.0 Å². The molecule has 2 saturated heterocycles. The third kappa shape index (κ3) is 6.52. The molecule has 3 aliphatic rings. The molecule has 0 saturated carbocycles. The van der Waals surface area contributed by atoms with Gasteiger partial charge in [-0.05, 0) is 60.4 Å². The van der Waals surface area contributed by atoms with Crippen molar-refractivity contribution in [2.24, 2.45) is 11.8 Å². The normalized spacial score (nSPS) is 22.3. The van der Waals surface area contributed by atoms with Gasteiger partial charge in [0.25, 0.3) is 0 Å². The fourth-order valence-corrected chi connectivity index (χ4v) is 8.37. The molecule has 2 aromatic carbocycles. The van der Waals surface area contributed by atoms with Crippen LogP contribution in [0.15, 0.2) is 53.4 Å². The predicted molar refractivity (Wildman–Crippen MR) is 158 cm³/mol. The van der Waals surface area contributed by atoms with Crippen LogP contribution in [0.4, 0.5) is 0 Å². The highest BCUT2D eigenvalue weighted by Gasteiger charge is 2.47. The molecule has 0 radical (unpaired) electrons. The lowest BCUT2D eigenvalue weighted by Crippen LogP contribution is -2.66. The van der Waals surface area contributed by atoms with Gasteiger partial charge in [-0.15, -0.1) is 0 Å². The van der Waals surface area contributed by atoms with Crippen LogP contribution in [0, 0.1) is 11.8 Å². The van der Waals surface area contributed by atoms with Gasteiger partial charge in [0, 0.05) is 19.6 Å². The number of benzene rings is 2. The van der Waals surface area contributed by atoms with Crippen LogP contribution in [0.5, 0.6) is 0 Å². The maximum Gasteiger partial charge on any atom is 0.246 e. The van der Waals surface area contributed by atoms with Crippen LogP contribution < -0.4 is 5.32 Å². The smallest absolute Gasteiger partial charge is 0.246 e. The van der Waals surface area contributed by atoms with Crippen molar-refractivity contribution in [3.05, 3.63) is 65.2 Å². The van der Waals surface area contributed by atoms with E-state index in [0.29, 0.717) is 31.7 Å². The monoisotopic (exact) mass is 581 g/mol. The van der Waals surface area contributed by atoms with Gasteiger partial charge in [0.2, 0.25) is 11.8 Å². The number of hydrogen-bond donors (Lipinski definition) is 1. The molecule has 2 aromatic rings. The Bertz CT molecular complexity index is 1310. The number of ether oxygens (including phenoxy) is 1. The number of rotatable bonds is 11. The van der Waals surface area contributed by atoms with Gasteiger partial charge in [0.05, 0.1) is 23.9 Å². The van der Waals surface area contributed by atoms with E-state index in [1.165, 1.54) is 11.1 Å². The molecule has 41 heavy (non-hydrogen) atoms. The zero-order valence-electron chi connectivity index (χ0n) is 24.3. The highest BCUT2D eigenvalue weighted by Crippen LogP contribution is 2.34. The minimum Gasteiger partial charge on any atom is -0.379 e. The van der Waals surface area contributed by atoms with Gasteiger partial charge >= 0.3 is 0 Å². The first-order valence-electron chi connectivity index (χ1n) is 15.1. The summed E-state index contributed by atoms with van der Waals surface area (Å²) in [4.78, 5) is 32.1. The summed E-state index contributed by atoms with van der Waals surface area (Å²) >= 11 is 0. The number of hydrogen-bond acceptors (Lipinski definition) is 6. The second-order valence-corrected chi connectivity index (χ2v) is 13.7. The van der Waals surface area contributed by atoms with Crippen LogP contribution in [-0.2, 0) is 43.5 Å². The van der Waals surface area contributed by atoms with Crippen LogP contribution >= 0.6 is 0 Å². The molecule has 2 amide bonds. The number of amides is 2. The summed E-state index contributed by atoms with van der Waals surface area (Å²) in [6.07, 6.45) is 3.51. The molecule has 2 aliphatic heterocycles. The molecule has 8 nitrogen and oxygen atoms in total. The van der Waals surface area contributed by atoms with Crippen molar-refractivity contribution in [1.82, 2.24) is 15.1 Å². The van der Waals surface area contributed by atoms with Crippen molar-refractivity contribution in [2.75, 3.05) is 38.6 Å². The Morgan fingerprint density at radius 1 is 0.951 bits per heavy atom. The molecule has 5 rings (SSSR count). The predicted octanol–water partition coefficient (Wildman–Crippen LogP) is 3.23. The van der Waals surface area contributed by atoms with Crippen LogP contribution in [0.25, 0.3) is 0 Å². The van der Waals surface area contributed by atoms with E-state index in [0.717, 1.165) is 38.8 Å². The highest BCUT2D eigenvalue weighted by molar-refractivity contribution is 7.91. The van der Waals surface area contributed by atoms with E-state index in [-0.39, 0.29) is 40.8 Å². The van der Waals surface area contributed by atoms with Crippen molar-refractivity contribution in [1.29, 1.82) is 0 Å². The molecule has 2 atom stereocenters. The minimum atomic E-state index is -3.58. The zero-order chi connectivity index (χ0) is 29.0. The van der Waals surface area contributed by atoms with Gasteiger partial charge in [-0.3, -0.25) is 14.5 Å². The van der Waals surface area contributed by atoms with Crippen molar-refractivity contribution in [2.45, 2.75) is 69.5 Å². The van der Waals surface area contributed by atoms with Gasteiger partial charge in [-0.25, -0.2) is 8.42 Å². The Balaban J connectivity index is 1.38. The third-order valence-electron chi connectivity index (χ3n) is 9.14. The minimum absolute atomic E-state index is 0.0158. The SMILES string of the molecule is CCC(CC)[C@@H]1C(=O)N[C@H](C2Cc3ccccc3C2)C(=O)N1Cc1ccccc1S(=O)(=O)CCCN1CCOCC1. The van der Waals surface area contributed by atoms with E-state index in [2.05, 4.69) is 22.3 Å². The number of morpholine rings is 1. The second kappa shape index (κ2) is 13.0. The van der Waals surface area contributed by atoms with E-state index < -0.39 is 21.9 Å². The van der Waals surface area contributed by atoms with Gasteiger partial charge in [-0.1, -0.05) is 69.2 Å². The maximum absolute atomic E-state index is 14.2. The second-order valence-electron chi connectivity index (χ2n) is 11.6. The number of sulfone groups is 1. The summed E-state index contributed by atoms with van der Waals surface area (Å²) in [5.41, 5.74) is 3.02. The first kappa shape index (κ1) is 29.7. The van der Waals surface area contributed by atoms with Gasteiger partial charge in [-0.2, -0.15) is 0 Å². The molecule has 222 valence electrons. The topological polar surface area (TPSA) is 96.0 Å². The Labute approximate surface area is 244 Å². The number of nitrogens with zero attached hydrogens (tertiary/aromatic N) is 2. The Morgan fingerprint density at radius 2 is 1.59 bits per heavy atom. The number of carbonyl (C=O) groups is 2. The molecular weight excluding hydrogens is 538 g/mol. The van der Waals surface area contributed by atoms with E-state index in [9.17, 15) is 18.0 Å². The quantitative estimate of drug-likeness (QED) is 0.438. The van der Waals surface area contributed by atoms with Crippen LogP contribution in [-0.4, -0.2) is 80.7 Å². The first-order chi connectivity index (χ1) is 19.8. The van der Waals surface area contributed by atoms with E-state index >= 15 is 0 Å². The lowest BCUT2D eigenvalue weighted by atomic mass is 9.86. The number of nitrogens with one attached hydrogen (secondary N) is 1. The van der Waals surface area contributed by atoms with Gasteiger partial charge in [0.1, 0.15) is 12.1 Å². The molecule has 9 heteroatoms. The Hall–Kier alpha value is -2.75. The summed E-state index contributed by atoms with van der Waals surface area (Å²) in [6, 6.07) is 13.9. The fourth-order valence-electron chi connectivity index (χ4n) is 6.82. The Kier molecular flexibility index (Phi) is 9.46. The standard InChI is InChI=1S/C32H43N3O5S/c1-3-23(4-2)30-31(36)33-29(27-20-24-10-5-6-11-25(24)21-27)32(37)35(30)22-26-12-7-8-13-28(26)41(38,39)19-9-14-34-15-17-40-18-16-34/h5-8,10-13,23,27,29-30H,3-4,9,14-22H2,1-2H3,(H,33,36)/t29-,30-/m1/s1. The van der Waals surface area contributed by atoms with Crippen LogP contribution in [0.2, 0.25) is 0 Å². The maximum atomic E-state index is 14.2. The highest BCUT2D eigenvalue weighted by atomic mass is 32.2. The summed E-state index contributed by atoms with van der Waals surface area (Å²) in [7, 11) is -3.58. The van der Waals surface area contributed by atoms with Crippen LogP contribution in [0.3, 0.4) is 0 Å². The summed E-state index contributed by atoms with van der Waals surface area (Å²) in [5.74, 6) is -0.246. The Morgan fingerprint density at radius 3 is 2.24 bits per heavy atom. The molecule has 1 N–H and O–H groups in total. The lowest BCUT2D eigenvalue weighted by Gasteiger charge is -2.44. The van der Waals surface area contributed by atoms with Crippen molar-refractivity contribution in [3.8, 4) is 0 Å². The molecule has 2 heterocycles. The molecule has 0 bridgehead atoms. The summed E-state index contributed by atoms with van der Waals surface area (Å²) < 4.78 is 32.6. The van der Waals surface area contributed by atoms with E-state index in [1.54, 1.807) is 23.1 Å². The molecule has 1 aliphatic carbocycles. The average Bonchev–Trinajstić information content (AvgIpc) is 3.41. The van der Waals surface area contributed by atoms with E-state index in [1.807, 2.05) is 32.0 Å². The molecular formula is C32H43N3O5S. The van der Waals surface area contributed by atoms with Crippen molar-refractivity contribution >= 4 is 21.7 Å². The van der Waals surface area contributed by atoms with E-state index in [4.69, 9.17) is 4.74 Å². The number of piperazine rings is 1. The average molecular weight is 582 g/mol. The van der Waals surface area contributed by atoms with Crippen molar-refractivity contribution < 1.29 is 22.7 Å².